The molecule has 0 spiro atoms. The Bertz CT molecular complexity index is 981. The zero-order valence-electron chi connectivity index (χ0n) is 16.5. The highest BCUT2D eigenvalue weighted by Crippen LogP contribution is 2.25. The molecule has 0 radical (unpaired) electrons. The van der Waals surface area contributed by atoms with E-state index in [4.69, 9.17) is 9.47 Å². The predicted octanol–water partition coefficient (Wildman–Crippen LogP) is 0.340. The molecule has 2 aromatic heterocycles. The molecule has 0 aliphatic carbocycles. The highest BCUT2D eigenvalue weighted by atomic mass is 16.6. The fourth-order valence-electron chi connectivity index (χ4n) is 3.93. The Morgan fingerprint density at radius 1 is 1.21 bits per heavy atom. The van der Waals surface area contributed by atoms with Crippen LogP contribution in [-0.2, 0) is 14.3 Å². The number of amides is 2. The maximum Gasteiger partial charge on any atom is 0.410 e. The van der Waals surface area contributed by atoms with Crippen molar-refractivity contribution in [2.24, 2.45) is 0 Å². The number of cyclic esters (lactones) is 1. The van der Waals surface area contributed by atoms with Crippen molar-refractivity contribution < 1.29 is 23.9 Å². The van der Waals surface area contributed by atoms with Gasteiger partial charge in [0.05, 0.1) is 18.5 Å². The van der Waals surface area contributed by atoms with Gasteiger partial charge in [0.15, 0.2) is 17.4 Å². The zero-order valence-corrected chi connectivity index (χ0v) is 16.5. The van der Waals surface area contributed by atoms with Crippen molar-refractivity contribution in [2.45, 2.75) is 38.8 Å². The lowest BCUT2D eigenvalue weighted by atomic mass is 10.0. The lowest BCUT2D eigenvalue weighted by Crippen LogP contribution is -2.52. The summed E-state index contributed by atoms with van der Waals surface area (Å²) in [6, 6.07) is 0.868. The van der Waals surface area contributed by atoms with Crippen molar-refractivity contribution in [2.75, 3.05) is 26.8 Å². The molecule has 0 saturated carbocycles. The second-order valence-corrected chi connectivity index (χ2v) is 7.24. The number of fused-ring (bicyclic) bond motifs is 1. The number of carbonyl (C=O) groups excluding carboxylic acids is 3. The van der Waals surface area contributed by atoms with E-state index in [1.165, 1.54) is 12.0 Å². The van der Waals surface area contributed by atoms with Crippen LogP contribution in [0.15, 0.2) is 6.07 Å². The Morgan fingerprint density at radius 2 is 1.93 bits per heavy atom. The third kappa shape index (κ3) is 3.26. The number of ether oxygens (including phenoxy) is 2. The van der Waals surface area contributed by atoms with E-state index >= 15 is 0 Å². The first-order valence-corrected chi connectivity index (χ1v) is 9.42. The van der Waals surface area contributed by atoms with E-state index < -0.39 is 18.1 Å². The van der Waals surface area contributed by atoms with Gasteiger partial charge in [-0.05, 0) is 26.7 Å². The van der Waals surface area contributed by atoms with Crippen LogP contribution < -0.4 is 0 Å². The van der Waals surface area contributed by atoms with Crippen molar-refractivity contribution in [1.29, 1.82) is 0 Å². The molecule has 2 saturated heterocycles. The van der Waals surface area contributed by atoms with Crippen molar-refractivity contribution >= 4 is 23.6 Å². The minimum atomic E-state index is -0.738. The molecule has 29 heavy (non-hydrogen) atoms. The number of esters is 1. The summed E-state index contributed by atoms with van der Waals surface area (Å²) in [5.41, 5.74) is 2.28. The molecule has 0 unspecified atom stereocenters. The molecule has 2 fully saturated rings. The molecule has 1 atom stereocenters. The standard InChI is InChI=1S/C18H22N6O5/c1-10-8-14-19-20-15(11(2)24(14)21-10)16(25)22-6-4-12(5-7-22)23-13(17(26)28-3)9-29-18(23)27/h8,12-13H,4-7,9H2,1-3H3/t13-/m1/s1. The van der Waals surface area contributed by atoms with E-state index in [0.717, 1.165) is 5.69 Å². The summed E-state index contributed by atoms with van der Waals surface area (Å²) in [6.07, 6.45) is 0.541. The fourth-order valence-corrected chi connectivity index (χ4v) is 3.93. The van der Waals surface area contributed by atoms with Gasteiger partial charge in [-0.15, -0.1) is 10.2 Å². The molecule has 4 rings (SSSR count). The lowest BCUT2D eigenvalue weighted by Gasteiger charge is -2.37. The molecule has 154 valence electrons. The molecule has 11 heteroatoms. The molecule has 0 N–H and O–H groups in total. The van der Waals surface area contributed by atoms with Gasteiger partial charge in [-0.2, -0.15) is 5.10 Å². The summed E-state index contributed by atoms with van der Waals surface area (Å²) in [6.45, 7) is 4.49. The number of hydrogen-bond acceptors (Lipinski definition) is 8. The van der Waals surface area contributed by atoms with Gasteiger partial charge in [0.25, 0.3) is 5.91 Å². The van der Waals surface area contributed by atoms with Gasteiger partial charge in [-0.1, -0.05) is 0 Å². The van der Waals surface area contributed by atoms with E-state index in [9.17, 15) is 14.4 Å². The number of aromatic nitrogens is 4. The number of aryl methyl sites for hydroxylation is 2. The summed E-state index contributed by atoms with van der Waals surface area (Å²) in [5.74, 6) is -0.722. The Morgan fingerprint density at radius 3 is 2.62 bits per heavy atom. The SMILES string of the molecule is COC(=O)[C@H]1COC(=O)N1C1CCN(C(=O)c2nnc3cc(C)nn3c2C)CC1. The van der Waals surface area contributed by atoms with Crippen molar-refractivity contribution in [1.82, 2.24) is 29.6 Å². The summed E-state index contributed by atoms with van der Waals surface area (Å²) in [5, 5.41) is 12.5. The smallest absolute Gasteiger partial charge is 0.410 e. The van der Waals surface area contributed by atoms with E-state index in [1.807, 2.05) is 6.92 Å². The average Bonchev–Trinajstić information content (AvgIpc) is 3.30. The van der Waals surface area contributed by atoms with E-state index in [-0.39, 0.29) is 24.2 Å². The maximum atomic E-state index is 13.0. The highest BCUT2D eigenvalue weighted by Gasteiger charge is 2.44. The average molecular weight is 402 g/mol. The monoisotopic (exact) mass is 402 g/mol. The first kappa shape index (κ1) is 19.1. The Kier molecular flexibility index (Phi) is 4.81. The van der Waals surface area contributed by atoms with Crippen LogP contribution in [0.25, 0.3) is 5.65 Å². The zero-order chi connectivity index (χ0) is 20.7. The van der Waals surface area contributed by atoms with Gasteiger partial charge in [-0.25, -0.2) is 14.1 Å². The van der Waals surface area contributed by atoms with Crippen LogP contribution in [0, 0.1) is 13.8 Å². The van der Waals surface area contributed by atoms with Gasteiger partial charge < -0.3 is 14.4 Å². The first-order valence-electron chi connectivity index (χ1n) is 9.42. The van der Waals surface area contributed by atoms with Gasteiger partial charge >= 0.3 is 12.1 Å². The van der Waals surface area contributed by atoms with Crippen molar-refractivity contribution in [3.05, 3.63) is 23.1 Å². The Labute approximate surface area is 166 Å². The summed E-state index contributed by atoms with van der Waals surface area (Å²) >= 11 is 0. The molecule has 11 nitrogen and oxygen atoms in total. The second kappa shape index (κ2) is 7.30. The fraction of sp³-hybridized carbons (Fsp3) is 0.556. The quantitative estimate of drug-likeness (QED) is 0.674. The van der Waals surface area contributed by atoms with E-state index in [1.54, 1.807) is 22.4 Å². The van der Waals surface area contributed by atoms with Crippen LogP contribution in [0.3, 0.4) is 0 Å². The summed E-state index contributed by atoms with van der Waals surface area (Å²) in [4.78, 5) is 40.1. The number of carbonyl (C=O) groups is 3. The van der Waals surface area contributed by atoms with Gasteiger partial charge in [-0.3, -0.25) is 9.69 Å². The van der Waals surface area contributed by atoms with Crippen LogP contribution in [0.4, 0.5) is 4.79 Å². The summed E-state index contributed by atoms with van der Waals surface area (Å²) in [7, 11) is 1.28. The van der Waals surface area contributed by atoms with Gasteiger partial charge in [0.1, 0.15) is 6.61 Å². The number of rotatable bonds is 3. The number of hydrogen-bond donors (Lipinski definition) is 0. The van der Waals surface area contributed by atoms with Gasteiger partial charge in [0, 0.05) is 25.2 Å². The molecule has 0 bridgehead atoms. The van der Waals surface area contributed by atoms with E-state index in [2.05, 4.69) is 15.3 Å². The number of nitrogens with zero attached hydrogens (tertiary/aromatic N) is 6. The first-order chi connectivity index (χ1) is 13.9. The Hall–Kier alpha value is -3.24. The van der Waals surface area contributed by atoms with Crippen LogP contribution in [0.2, 0.25) is 0 Å². The van der Waals surface area contributed by atoms with Crippen molar-refractivity contribution in [3.63, 3.8) is 0 Å². The number of likely N-dealkylation sites (tertiary alicyclic amines) is 1. The van der Waals surface area contributed by atoms with Gasteiger partial charge in [0.2, 0.25) is 0 Å². The minimum absolute atomic E-state index is 0.0112. The third-order valence-electron chi connectivity index (χ3n) is 5.46. The number of piperidine rings is 1. The molecule has 0 aromatic carbocycles. The lowest BCUT2D eigenvalue weighted by molar-refractivity contribution is -0.145. The normalized spacial score (nSPS) is 20.2. The molecular formula is C18H22N6O5. The summed E-state index contributed by atoms with van der Waals surface area (Å²) < 4.78 is 11.4. The van der Waals surface area contributed by atoms with Crippen LogP contribution >= 0.6 is 0 Å². The molecule has 2 aliphatic rings. The van der Waals surface area contributed by atoms with Crippen LogP contribution in [0.1, 0.15) is 34.7 Å². The van der Waals surface area contributed by atoms with E-state index in [0.29, 0.717) is 37.3 Å². The molecule has 2 aliphatic heterocycles. The molecular weight excluding hydrogens is 380 g/mol. The number of methoxy groups -OCH3 is 1. The topological polar surface area (TPSA) is 119 Å². The molecule has 2 aromatic rings. The predicted molar refractivity (Wildman–Crippen MR) is 98.2 cm³/mol. The second-order valence-electron chi connectivity index (χ2n) is 7.24. The molecule has 4 heterocycles. The maximum absolute atomic E-state index is 13.0. The molecule has 2 amide bonds. The van der Waals surface area contributed by atoms with Crippen LogP contribution in [0.5, 0.6) is 0 Å². The third-order valence-corrected chi connectivity index (χ3v) is 5.46. The highest BCUT2D eigenvalue weighted by molar-refractivity contribution is 5.93. The minimum Gasteiger partial charge on any atom is -0.467 e. The Balaban J connectivity index is 1.47. The van der Waals surface area contributed by atoms with Crippen molar-refractivity contribution in [3.8, 4) is 0 Å². The largest absolute Gasteiger partial charge is 0.467 e. The van der Waals surface area contributed by atoms with Crippen LogP contribution in [-0.4, -0.2) is 86.5 Å².